The average Bonchev–Trinajstić information content (AvgIpc) is 2.80. The van der Waals surface area contributed by atoms with Crippen molar-refractivity contribution in [3.8, 4) is 5.75 Å². The summed E-state index contributed by atoms with van der Waals surface area (Å²) >= 11 is 6.05. The lowest BCUT2D eigenvalue weighted by Crippen LogP contribution is -2.55. The molecule has 0 aliphatic rings. The predicted molar refractivity (Wildman–Crippen MR) is 136 cm³/mol. The first-order chi connectivity index (χ1) is 16.2. The SMILES string of the molecule is CC(C)(C)NC(=O)[C@@H](Cc1ccccc1)N(Cc1ccccc1)C(=O)COc1cccc(Cl)c1. The van der Waals surface area contributed by atoms with Crippen LogP contribution in [0.4, 0.5) is 0 Å². The number of halogens is 1. The summed E-state index contributed by atoms with van der Waals surface area (Å²) in [4.78, 5) is 28.6. The highest BCUT2D eigenvalue weighted by atomic mass is 35.5. The number of rotatable bonds is 9. The molecule has 3 rings (SSSR count). The Bertz CT molecular complexity index is 1080. The molecule has 2 amide bonds. The minimum Gasteiger partial charge on any atom is -0.484 e. The highest BCUT2D eigenvalue weighted by molar-refractivity contribution is 6.30. The van der Waals surface area contributed by atoms with Gasteiger partial charge in [-0.15, -0.1) is 0 Å². The molecular weight excluding hydrogens is 448 g/mol. The lowest BCUT2D eigenvalue weighted by atomic mass is 10.0. The molecule has 0 fully saturated rings. The van der Waals surface area contributed by atoms with Gasteiger partial charge in [-0.3, -0.25) is 9.59 Å². The van der Waals surface area contributed by atoms with E-state index in [0.717, 1.165) is 11.1 Å². The number of hydrogen-bond acceptors (Lipinski definition) is 3. The molecule has 0 saturated heterocycles. The number of nitrogens with zero attached hydrogens (tertiary/aromatic N) is 1. The van der Waals surface area contributed by atoms with Crippen LogP contribution in [-0.2, 0) is 22.6 Å². The first-order valence-corrected chi connectivity index (χ1v) is 11.7. The van der Waals surface area contributed by atoms with Crippen LogP contribution in [0.15, 0.2) is 84.9 Å². The van der Waals surface area contributed by atoms with Crippen molar-refractivity contribution in [3.63, 3.8) is 0 Å². The number of carbonyl (C=O) groups excluding carboxylic acids is 2. The van der Waals surface area contributed by atoms with Gasteiger partial charge < -0.3 is 15.0 Å². The first-order valence-electron chi connectivity index (χ1n) is 11.3. The molecule has 3 aromatic rings. The maximum atomic E-state index is 13.5. The molecule has 6 heteroatoms. The van der Waals surface area contributed by atoms with Crippen LogP contribution in [0.3, 0.4) is 0 Å². The van der Waals surface area contributed by atoms with Crippen LogP contribution in [-0.4, -0.2) is 34.9 Å². The van der Waals surface area contributed by atoms with Crippen molar-refractivity contribution < 1.29 is 14.3 Å². The highest BCUT2D eigenvalue weighted by Gasteiger charge is 2.32. The van der Waals surface area contributed by atoms with Gasteiger partial charge in [-0.1, -0.05) is 78.3 Å². The Morgan fingerprint density at radius 1 is 0.912 bits per heavy atom. The van der Waals surface area contributed by atoms with Crippen molar-refractivity contribution >= 4 is 23.4 Å². The summed E-state index contributed by atoms with van der Waals surface area (Å²) in [5.41, 5.74) is 1.46. The molecule has 0 aliphatic carbocycles. The number of ether oxygens (including phenoxy) is 1. The molecule has 0 bridgehead atoms. The molecule has 1 N–H and O–H groups in total. The number of amides is 2. The molecule has 0 aromatic heterocycles. The summed E-state index contributed by atoms with van der Waals surface area (Å²) in [6, 6.07) is 25.6. The molecule has 3 aromatic carbocycles. The normalized spacial score (nSPS) is 12.0. The standard InChI is InChI=1S/C28H31ClN2O3/c1-28(2,3)30-27(33)25(17-21-11-6-4-7-12-21)31(19-22-13-8-5-9-14-22)26(32)20-34-24-16-10-15-23(29)18-24/h4-16,18,25H,17,19-20H2,1-3H3,(H,30,33)/t25-/m1/s1. The van der Waals surface area contributed by atoms with E-state index in [9.17, 15) is 9.59 Å². The van der Waals surface area contributed by atoms with Crippen molar-refractivity contribution in [2.45, 2.75) is 45.3 Å². The monoisotopic (exact) mass is 478 g/mol. The summed E-state index contributed by atoms with van der Waals surface area (Å²) in [7, 11) is 0. The van der Waals surface area contributed by atoms with Gasteiger partial charge >= 0.3 is 0 Å². The van der Waals surface area contributed by atoms with E-state index >= 15 is 0 Å². The van der Waals surface area contributed by atoms with E-state index in [1.807, 2.05) is 81.4 Å². The van der Waals surface area contributed by atoms with Gasteiger partial charge in [-0.05, 0) is 50.1 Å². The maximum Gasteiger partial charge on any atom is 0.261 e. The third-order valence-corrected chi connectivity index (χ3v) is 5.36. The Labute approximate surface area is 206 Å². The van der Waals surface area contributed by atoms with Gasteiger partial charge in [-0.2, -0.15) is 0 Å². The van der Waals surface area contributed by atoms with Gasteiger partial charge in [0, 0.05) is 23.5 Å². The summed E-state index contributed by atoms with van der Waals surface area (Å²) in [6.07, 6.45) is 0.387. The number of carbonyl (C=O) groups is 2. The minimum absolute atomic E-state index is 0.205. The fraction of sp³-hybridized carbons (Fsp3) is 0.286. The van der Waals surface area contributed by atoms with E-state index in [-0.39, 0.29) is 25.0 Å². The number of benzene rings is 3. The highest BCUT2D eigenvalue weighted by Crippen LogP contribution is 2.19. The van der Waals surface area contributed by atoms with E-state index < -0.39 is 11.6 Å². The van der Waals surface area contributed by atoms with Crippen LogP contribution in [0.25, 0.3) is 0 Å². The van der Waals surface area contributed by atoms with Gasteiger partial charge in [0.25, 0.3) is 5.91 Å². The maximum absolute atomic E-state index is 13.5. The zero-order valence-electron chi connectivity index (χ0n) is 19.8. The van der Waals surface area contributed by atoms with Crippen molar-refractivity contribution in [2.24, 2.45) is 0 Å². The van der Waals surface area contributed by atoms with Crippen LogP contribution in [0.5, 0.6) is 5.75 Å². The molecule has 0 radical (unpaired) electrons. The molecule has 0 aliphatic heterocycles. The lowest BCUT2D eigenvalue weighted by molar-refractivity contribution is -0.143. The minimum atomic E-state index is -0.711. The van der Waals surface area contributed by atoms with Crippen LogP contribution >= 0.6 is 11.6 Å². The van der Waals surface area contributed by atoms with E-state index in [1.165, 1.54) is 0 Å². The van der Waals surface area contributed by atoms with E-state index in [2.05, 4.69) is 5.32 Å². The summed E-state index contributed by atoms with van der Waals surface area (Å²) in [5, 5.41) is 3.58. The number of nitrogens with one attached hydrogen (secondary N) is 1. The molecule has 178 valence electrons. The van der Waals surface area contributed by atoms with Crippen LogP contribution in [0, 0.1) is 0 Å². The molecular formula is C28H31ClN2O3. The van der Waals surface area contributed by atoms with Gasteiger partial charge in [0.05, 0.1) is 0 Å². The van der Waals surface area contributed by atoms with Crippen molar-refractivity contribution in [1.82, 2.24) is 10.2 Å². The van der Waals surface area contributed by atoms with Gasteiger partial charge in [0.1, 0.15) is 11.8 Å². The lowest BCUT2D eigenvalue weighted by Gasteiger charge is -2.33. The topological polar surface area (TPSA) is 58.6 Å². The van der Waals surface area contributed by atoms with Gasteiger partial charge in [-0.25, -0.2) is 0 Å². The van der Waals surface area contributed by atoms with Crippen LogP contribution in [0.1, 0.15) is 31.9 Å². The fourth-order valence-corrected chi connectivity index (χ4v) is 3.75. The molecule has 5 nitrogen and oxygen atoms in total. The third kappa shape index (κ3) is 7.92. The van der Waals surface area contributed by atoms with Gasteiger partial charge in [0.15, 0.2) is 6.61 Å². The Hall–Kier alpha value is -3.31. The zero-order chi connectivity index (χ0) is 24.6. The Morgan fingerprint density at radius 2 is 1.53 bits per heavy atom. The second-order valence-electron chi connectivity index (χ2n) is 9.20. The van der Waals surface area contributed by atoms with Crippen molar-refractivity contribution in [1.29, 1.82) is 0 Å². The van der Waals surface area contributed by atoms with Gasteiger partial charge in [0.2, 0.25) is 5.91 Å². The van der Waals surface area contributed by atoms with E-state index in [4.69, 9.17) is 16.3 Å². The smallest absolute Gasteiger partial charge is 0.261 e. The molecule has 0 spiro atoms. The number of hydrogen-bond donors (Lipinski definition) is 1. The Kier molecular flexibility index (Phi) is 8.72. The largest absolute Gasteiger partial charge is 0.484 e. The second kappa shape index (κ2) is 11.7. The Morgan fingerprint density at radius 3 is 2.12 bits per heavy atom. The predicted octanol–water partition coefficient (Wildman–Crippen LogP) is 5.27. The Balaban J connectivity index is 1.90. The molecule has 1 atom stereocenters. The first kappa shape index (κ1) is 25.3. The molecule has 34 heavy (non-hydrogen) atoms. The summed E-state index contributed by atoms with van der Waals surface area (Å²) < 4.78 is 5.74. The zero-order valence-corrected chi connectivity index (χ0v) is 20.6. The average molecular weight is 479 g/mol. The van der Waals surface area contributed by atoms with Crippen molar-refractivity contribution in [2.75, 3.05) is 6.61 Å². The fourth-order valence-electron chi connectivity index (χ4n) is 3.57. The summed E-state index contributed by atoms with van der Waals surface area (Å²) in [6.45, 7) is 5.86. The van der Waals surface area contributed by atoms with E-state index in [1.54, 1.807) is 29.2 Å². The summed E-state index contributed by atoms with van der Waals surface area (Å²) in [5.74, 6) is 0.0106. The van der Waals surface area contributed by atoms with Crippen LogP contribution < -0.4 is 10.1 Å². The van der Waals surface area contributed by atoms with Crippen molar-refractivity contribution in [3.05, 3.63) is 101 Å². The third-order valence-electron chi connectivity index (χ3n) is 5.12. The van der Waals surface area contributed by atoms with Crippen LogP contribution in [0.2, 0.25) is 5.02 Å². The van der Waals surface area contributed by atoms with E-state index in [0.29, 0.717) is 17.2 Å². The second-order valence-corrected chi connectivity index (χ2v) is 9.63. The quantitative estimate of drug-likeness (QED) is 0.455. The molecule has 0 unspecified atom stereocenters. The molecule has 0 saturated carbocycles. The molecule has 0 heterocycles.